The van der Waals surface area contributed by atoms with Crippen molar-refractivity contribution in [1.29, 1.82) is 0 Å². The van der Waals surface area contributed by atoms with Gasteiger partial charge < -0.3 is 0 Å². The molecule has 0 spiro atoms. The standard InChI is InChI=1S/C19H16FN7O2/c1-26-16-15(17(28)24-19(26)29)27(11-13-2-4-14(20)5-3-13)18(23-16)25-22-10-12-6-8-21-9-7-12/h2-10H,11H2,1H3,(H,23,25)(H,24,28,29)/b22-10-. The lowest BCUT2D eigenvalue weighted by molar-refractivity contribution is 0.626. The molecule has 0 atom stereocenters. The summed E-state index contributed by atoms with van der Waals surface area (Å²) < 4.78 is 16.1. The SMILES string of the molecule is Cn1c(=O)[nH]c(=O)c2c1nc(N/N=C\c1ccncc1)n2Cc1ccc(F)cc1. The number of nitrogens with zero attached hydrogens (tertiary/aromatic N) is 5. The molecular weight excluding hydrogens is 377 g/mol. The Morgan fingerprint density at radius 2 is 1.90 bits per heavy atom. The monoisotopic (exact) mass is 393 g/mol. The van der Waals surface area contributed by atoms with Crippen molar-refractivity contribution in [3.05, 3.63) is 86.6 Å². The second-order valence-corrected chi connectivity index (χ2v) is 6.29. The number of aryl methyl sites for hydroxylation is 1. The maximum Gasteiger partial charge on any atom is 0.329 e. The number of aromatic amines is 1. The summed E-state index contributed by atoms with van der Waals surface area (Å²) in [7, 11) is 1.51. The van der Waals surface area contributed by atoms with Crippen LogP contribution in [0.5, 0.6) is 0 Å². The van der Waals surface area contributed by atoms with E-state index in [-0.39, 0.29) is 29.5 Å². The Bertz CT molecular complexity index is 1300. The van der Waals surface area contributed by atoms with Crippen LogP contribution in [0.3, 0.4) is 0 Å². The first-order valence-corrected chi connectivity index (χ1v) is 8.66. The van der Waals surface area contributed by atoms with Crippen molar-refractivity contribution in [2.45, 2.75) is 6.54 Å². The molecule has 0 radical (unpaired) electrons. The minimum absolute atomic E-state index is 0.207. The van der Waals surface area contributed by atoms with Gasteiger partial charge in [0.2, 0.25) is 5.95 Å². The van der Waals surface area contributed by atoms with Gasteiger partial charge in [0.05, 0.1) is 12.8 Å². The Labute approximate surface area is 163 Å². The Hall–Kier alpha value is -4.08. The number of nitrogens with one attached hydrogen (secondary N) is 2. The average molecular weight is 393 g/mol. The van der Waals surface area contributed by atoms with Crippen LogP contribution >= 0.6 is 0 Å². The second kappa shape index (κ2) is 7.50. The first-order valence-electron chi connectivity index (χ1n) is 8.66. The molecule has 9 nitrogen and oxygen atoms in total. The largest absolute Gasteiger partial charge is 0.329 e. The molecule has 29 heavy (non-hydrogen) atoms. The van der Waals surface area contributed by atoms with Crippen LogP contribution in [0.2, 0.25) is 0 Å². The van der Waals surface area contributed by atoms with Gasteiger partial charge in [-0.1, -0.05) is 12.1 Å². The fraction of sp³-hybridized carbons (Fsp3) is 0.105. The van der Waals surface area contributed by atoms with Crippen molar-refractivity contribution in [2.24, 2.45) is 12.1 Å². The number of anilines is 1. The molecule has 0 aliphatic rings. The summed E-state index contributed by atoms with van der Waals surface area (Å²) in [5.74, 6) is -0.0916. The molecule has 0 fully saturated rings. The minimum atomic E-state index is -0.569. The summed E-state index contributed by atoms with van der Waals surface area (Å²) in [4.78, 5) is 35.0. The van der Waals surface area contributed by atoms with E-state index in [0.717, 1.165) is 11.1 Å². The third-order valence-electron chi connectivity index (χ3n) is 4.35. The van der Waals surface area contributed by atoms with Crippen molar-refractivity contribution in [2.75, 3.05) is 5.43 Å². The maximum atomic E-state index is 13.2. The molecule has 4 rings (SSSR count). The van der Waals surface area contributed by atoms with E-state index in [1.54, 1.807) is 47.4 Å². The third kappa shape index (κ3) is 3.68. The molecule has 2 N–H and O–H groups in total. The van der Waals surface area contributed by atoms with Gasteiger partial charge in [0.25, 0.3) is 5.56 Å². The topological polar surface area (TPSA) is 110 Å². The molecule has 0 aliphatic heterocycles. The lowest BCUT2D eigenvalue weighted by atomic mass is 10.2. The quantitative estimate of drug-likeness (QED) is 0.394. The van der Waals surface area contributed by atoms with Crippen LogP contribution in [-0.4, -0.2) is 30.3 Å². The van der Waals surface area contributed by atoms with Gasteiger partial charge in [-0.25, -0.2) is 14.6 Å². The summed E-state index contributed by atoms with van der Waals surface area (Å²) in [6.45, 7) is 0.227. The lowest BCUT2D eigenvalue weighted by Crippen LogP contribution is -2.29. The molecule has 146 valence electrons. The number of hydrogen-bond donors (Lipinski definition) is 2. The number of H-pyrrole nitrogens is 1. The molecule has 0 amide bonds. The number of aromatic nitrogens is 5. The number of imidazole rings is 1. The lowest BCUT2D eigenvalue weighted by Gasteiger charge is -2.08. The maximum absolute atomic E-state index is 13.2. The number of pyridine rings is 1. The van der Waals surface area contributed by atoms with Gasteiger partial charge in [0.15, 0.2) is 11.2 Å². The van der Waals surface area contributed by atoms with Crippen LogP contribution in [0.25, 0.3) is 11.2 Å². The highest BCUT2D eigenvalue weighted by Gasteiger charge is 2.17. The molecule has 0 unspecified atom stereocenters. The van der Waals surface area contributed by atoms with Crippen LogP contribution in [0.4, 0.5) is 10.3 Å². The number of rotatable bonds is 5. The molecule has 10 heteroatoms. The van der Waals surface area contributed by atoms with Gasteiger partial charge in [-0.05, 0) is 35.4 Å². The van der Waals surface area contributed by atoms with Crippen molar-refractivity contribution in [3.8, 4) is 0 Å². The minimum Gasteiger partial charge on any atom is -0.298 e. The van der Waals surface area contributed by atoms with Gasteiger partial charge in [-0.15, -0.1) is 0 Å². The Balaban J connectivity index is 1.79. The van der Waals surface area contributed by atoms with Crippen molar-refractivity contribution in [1.82, 2.24) is 24.1 Å². The Morgan fingerprint density at radius 3 is 2.62 bits per heavy atom. The molecule has 4 aromatic rings. The fourth-order valence-corrected chi connectivity index (χ4v) is 2.86. The summed E-state index contributed by atoms with van der Waals surface area (Å²) in [6, 6.07) is 9.46. The molecule has 0 bridgehead atoms. The van der Waals surface area contributed by atoms with Gasteiger partial charge >= 0.3 is 5.69 Å². The zero-order valence-electron chi connectivity index (χ0n) is 15.3. The smallest absolute Gasteiger partial charge is 0.298 e. The van der Waals surface area contributed by atoms with Gasteiger partial charge in [0, 0.05) is 19.4 Å². The predicted molar refractivity (Wildman–Crippen MR) is 107 cm³/mol. The van der Waals surface area contributed by atoms with E-state index in [0.29, 0.717) is 0 Å². The zero-order valence-corrected chi connectivity index (χ0v) is 15.3. The van der Waals surface area contributed by atoms with Crippen molar-refractivity contribution < 1.29 is 4.39 Å². The normalized spacial score (nSPS) is 11.4. The van der Waals surface area contributed by atoms with Crippen LogP contribution in [0, 0.1) is 5.82 Å². The van der Waals surface area contributed by atoms with E-state index in [2.05, 4.69) is 25.5 Å². The second-order valence-electron chi connectivity index (χ2n) is 6.29. The van der Waals surface area contributed by atoms with Crippen LogP contribution in [0.15, 0.2) is 63.5 Å². The molecule has 3 aromatic heterocycles. The van der Waals surface area contributed by atoms with Crippen molar-refractivity contribution >= 4 is 23.3 Å². The molecule has 1 aromatic carbocycles. The van der Waals surface area contributed by atoms with E-state index in [4.69, 9.17) is 0 Å². The number of hydrogen-bond acceptors (Lipinski definition) is 6. The van der Waals surface area contributed by atoms with Gasteiger partial charge in [-0.2, -0.15) is 10.1 Å². The van der Waals surface area contributed by atoms with E-state index in [9.17, 15) is 14.0 Å². The third-order valence-corrected chi connectivity index (χ3v) is 4.35. The van der Waals surface area contributed by atoms with Gasteiger partial charge in [-0.3, -0.25) is 23.9 Å². The van der Waals surface area contributed by atoms with Crippen LogP contribution in [0.1, 0.15) is 11.1 Å². The Kier molecular flexibility index (Phi) is 4.73. The molecular formula is C19H16FN7O2. The first kappa shape index (κ1) is 18.3. The summed E-state index contributed by atoms with van der Waals surface area (Å²) in [5, 5.41) is 4.16. The number of hydrazone groups is 1. The predicted octanol–water partition coefficient (Wildman–Crippen LogP) is 1.45. The number of benzene rings is 1. The summed E-state index contributed by atoms with van der Waals surface area (Å²) >= 11 is 0. The van der Waals surface area contributed by atoms with Crippen LogP contribution < -0.4 is 16.7 Å². The van der Waals surface area contributed by atoms with Gasteiger partial charge in [0.1, 0.15) is 5.82 Å². The van der Waals surface area contributed by atoms with E-state index in [1.807, 2.05) is 0 Å². The molecule has 0 aliphatic carbocycles. The fourth-order valence-electron chi connectivity index (χ4n) is 2.86. The average Bonchev–Trinajstić information content (AvgIpc) is 3.08. The first-order chi connectivity index (χ1) is 14.0. The highest BCUT2D eigenvalue weighted by atomic mass is 19.1. The summed E-state index contributed by atoms with van der Waals surface area (Å²) in [6.07, 6.45) is 4.85. The van der Waals surface area contributed by atoms with E-state index < -0.39 is 11.2 Å². The Morgan fingerprint density at radius 1 is 1.17 bits per heavy atom. The van der Waals surface area contributed by atoms with E-state index in [1.165, 1.54) is 23.7 Å². The highest BCUT2D eigenvalue weighted by Crippen LogP contribution is 2.18. The van der Waals surface area contributed by atoms with E-state index >= 15 is 0 Å². The van der Waals surface area contributed by atoms with Crippen molar-refractivity contribution in [3.63, 3.8) is 0 Å². The zero-order chi connectivity index (χ0) is 20.4. The molecule has 0 saturated carbocycles. The molecule has 3 heterocycles. The number of fused-ring (bicyclic) bond motifs is 1. The molecule has 0 saturated heterocycles. The van der Waals surface area contributed by atoms with Crippen LogP contribution in [-0.2, 0) is 13.6 Å². The summed E-state index contributed by atoms with van der Waals surface area (Å²) in [5.41, 5.74) is 3.67. The highest BCUT2D eigenvalue weighted by molar-refractivity contribution is 5.80. The number of halogens is 1.